The zero-order chi connectivity index (χ0) is 12.1. The average Bonchev–Trinajstić information content (AvgIpc) is 2.76. The van der Waals surface area contributed by atoms with Crippen LogP contribution in [0.4, 0.5) is 5.69 Å². The molecule has 2 N–H and O–H groups in total. The number of hydrogen-bond acceptors (Lipinski definition) is 4. The van der Waals surface area contributed by atoms with E-state index < -0.39 is 0 Å². The molecule has 0 spiro atoms. The van der Waals surface area contributed by atoms with E-state index in [1.807, 2.05) is 12.3 Å². The Kier molecular flexibility index (Phi) is 4.36. The van der Waals surface area contributed by atoms with Crippen LogP contribution in [-0.2, 0) is 4.74 Å². The van der Waals surface area contributed by atoms with Crippen molar-refractivity contribution in [3.63, 3.8) is 0 Å². The van der Waals surface area contributed by atoms with Gasteiger partial charge in [-0.3, -0.25) is 4.98 Å². The Morgan fingerprint density at radius 3 is 3.12 bits per heavy atom. The fraction of sp³-hybridized carbons (Fsp3) is 0.583. The maximum absolute atomic E-state index is 5.31. The van der Waals surface area contributed by atoms with Gasteiger partial charge in [0.1, 0.15) is 0 Å². The van der Waals surface area contributed by atoms with E-state index >= 15 is 0 Å². The van der Waals surface area contributed by atoms with Gasteiger partial charge in [0, 0.05) is 24.3 Å². The molecule has 2 rings (SSSR count). The number of aromatic nitrogens is 1. The van der Waals surface area contributed by atoms with Crippen LogP contribution in [0.25, 0.3) is 0 Å². The summed E-state index contributed by atoms with van der Waals surface area (Å²) in [5.41, 5.74) is 1.10. The van der Waals surface area contributed by atoms with Crippen LogP contribution in [0.15, 0.2) is 22.9 Å². The lowest BCUT2D eigenvalue weighted by atomic mass is 9.98. The molecule has 1 fully saturated rings. The molecule has 0 aromatic carbocycles. The van der Waals surface area contributed by atoms with Gasteiger partial charge in [0.25, 0.3) is 0 Å². The number of pyridine rings is 1. The number of ether oxygens (including phenoxy) is 1. The Morgan fingerprint density at radius 2 is 2.47 bits per heavy atom. The highest BCUT2D eigenvalue weighted by Gasteiger charge is 2.33. The number of anilines is 1. The molecule has 2 heterocycles. The van der Waals surface area contributed by atoms with Crippen LogP contribution in [0, 0.1) is 0 Å². The standard InChI is InChI=1S/C12H18BrN3O/c1-17-9-12(3-2-4-16-12)8-15-11-5-10(13)6-14-7-11/h5-7,15-16H,2-4,8-9H2,1H3. The first-order valence-electron chi connectivity index (χ1n) is 5.82. The smallest absolute Gasteiger partial charge is 0.0661 e. The molecule has 1 saturated heterocycles. The highest BCUT2D eigenvalue weighted by molar-refractivity contribution is 9.10. The van der Waals surface area contributed by atoms with E-state index in [0.717, 1.165) is 36.3 Å². The maximum atomic E-state index is 5.31. The largest absolute Gasteiger partial charge is 0.383 e. The molecular weight excluding hydrogens is 282 g/mol. The summed E-state index contributed by atoms with van der Waals surface area (Å²) in [5, 5.41) is 6.95. The van der Waals surface area contributed by atoms with Crippen LogP contribution in [0.2, 0.25) is 0 Å². The van der Waals surface area contributed by atoms with E-state index in [-0.39, 0.29) is 5.54 Å². The number of methoxy groups -OCH3 is 1. The van der Waals surface area contributed by atoms with Crippen molar-refractivity contribution in [2.75, 3.05) is 32.1 Å². The molecule has 0 aliphatic carbocycles. The lowest BCUT2D eigenvalue weighted by molar-refractivity contribution is 0.127. The fourth-order valence-corrected chi connectivity index (χ4v) is 2.61. The molecule has 1 aromatic rings. The van der Waals surface area contributed by atoms with Gasteiger partial charge >= 0.3 is 0 Å². The highest BCUT2D eigenvalue weighted by Crippen LogP contribution is 2.21. The fourth-order valence-electron chi connectivity index (χ4n) is 2.25. The van der Waals surface area contributed by atoms with Crippen molar-refractivity contribution in [2.24, 2.45) is 0 Å². The number of nitrogens with one attached hydrogen (secondary N) is 2. The van der Waals surface area contributed by atoms with Crippen molar-refractivity contribution in [2.45, 2.75) is 18.4 Å². The van der Waals surface area contributed by atoms with Gasteiger partial charge in [-0.25, -0.2) is 0 Å². The first-order valence-corrected chi connectivity index (χ1v) is 6.62. The molecule has 5 heteroatoms. The van der Waals surface area contributed by atoms with Crippen molar-refractivity contribution in [3.8, 4) is 0 Å². The number of rotatable bonds is 5. The van der Waals surface area contributed by atoms with E-state index in [0.29, 0.717) is 0 Å². The molecule has 1 aromatic heterocycles. The van der Waals surface area contributed by atoms with Gasteiger partial charge in [-0.1, -0.05) is 0 Å². The average molecular weight is 300 g/mol. The minimum absolute atomic E-state index is 0.0665. The van der Waals surface area contributed by atoms with E-state index in [2.05, 4.69) is 31.5 Å². The summed E-state index contributed by atoms with van der Waals surface area (Å²) in [4.78, 5) is 4.14. The first-order chi connectivity index (χ1) is 8.24. The highest BCUT2D eigenvalue weighted by atomic mass is 79.9. The Bertz CT molecular complexity index is 367. The van der Waals surface area contributed by atoms with Gasteiger partial charge in [-0.2, -0.15) is 0 Å². The van der Waals surface area contributed by atoms with Gasteiger partial charge in [0.15, 0.2) is 0 Å². The summed E-state index contributed by atoms with van der Waals surface area (Å²) >= 11 is 3.42. The molecule has 94 valence electrons. The van der Waals surface area contributed by atoms with Crippen molar-refractivity contribution in [1.29, 1.82) is 0 Å². The van der Waals surface area contributed by atoms with Crippen molar-refractivity contribution < 1.29 is 4.74 Å². The van der Waals surface area contributed by atoms with Crippen molar-refractivity contribution in [3.05, 3.63) is 22.9 Å². The van der Waals surface area contributed by atoms with Crippen LogP contribution >= 0.6 is 15.9 Å². The number of nitrogens with zero attached hydrogens (tertiary/aromatic N) is 1. The van der Waals surface area contributed by atoms with Gasteiger partial charge in [0.2, 0.25) is 0 Å². The molecule has 0 amide bonds. The predicted octanol–water partition coefficient (Wildman–Crippen LogP) is 2.02. The normalized spacial score (nSPS) is 23.9. The minimum Gasteiger partial charge on any atom is -0.383 e. The van der Waals surface area contributed by atoms with E-state index in [9.17, 15) is 0 Å². The summed E-state index contributed by atoms with van der Waals surface area (Å²) in [6.07, 6.45) is 5.97. The Labute approximate surface area is 110 Å². The van der Waals surface area contributed by atoms with Gasteiger partial charge in [-0.15, -0.1) is 0 Å². The van der Waals surface area contributed by atoms with E-state index in [1.165, 1.54) is 6.42 Å². The van der Waals surface area contributed by atoms with Crippen LogP contribution in [0.3, 0.4) is 0 Å². The Morgan fingerprint density at radius 1 is 1.59 bits per heavy atom. The van der Waals surface area contributed by atoms with Crippen LogP contribution in [-0.4, -0.2) is 37.3 Å². The molecule has 1 aliphatic heterocycles. The molecule has 1 atom stereocenters. The first kappa shape index (κ1) is 12.8. The molecule has 1 aliphatic rings. The molecular formula is C12H18BrN3O. The second-order valence-electron chi connectivity index (χ2n) is 4.49. The van der Waals surface area contributed by atoms with Gasteiger partial charge < -0.3 is 15.4 Å². The summed E-state index contributed by atoms with van der Waals surface area (Å²) in [5.74, 6) is 0. The van der Waals surface area contributed by atoms with Crippen LogP contribution in [0.5, 0.6) is 0 Å². The predicted molar refractivity (Wildman–Crippen MR) is 72.3 cm³/mol. The second-order valence-corrected chi connectivity index (χ2v) is 5.40. The third-order valence-electron chi connectivity index (χ3n) is 3.09. The summed E-state index contributed by atoms with van der Waals surface area (Å²) in [6.45, 7) is 2.67. The molecule has 0 saturated carbocycles. The van der Waals surface area contributed by atoms with Crippen molar-refractivity contribution in [1.82, 2.24) is 10.3 Å². The molecule has 0 radical (unpaired) electrons. The molecule has 4 nitrogen and oxygen atoms in total. The summed E-state index contributed by atoms with van der Waals surface area (Å²) < 4.78 is 6.30. The number of hydrogen-bond donors (Lipinski definition) is 2. The maximum Gasteiger partial charge on any atom is 0.0661 e. The SMILES string of the molecule is COCC1(CNc2cncc(Br)c2)CCCN1. The monoisotopic (exact) mass is 299 g/mol. The number of halogens is 1. The zero-order valence-corrected chi connectivity index (χ0v) is 11.6. The topological polar surface area (TPSA) is 46.2 Å². The molecule has 0 bridgehead atoms. The zero-order valence-electron chi connectivity index (χ0n) is 10.0. The second kappa shape index (κ2) is 5.80. The van der Waals surface area contributed by atoms with Gasteiger partial charge in [0.05, 0.1) is 24.0 Å². The Hall–Kier alpha value is -0.650. The van der Waals surface area contributed by atoms with Crippen LogP contribution < -0.4 is 10.6 Å². The lowest BCUT2D eigenvalue weighted by Gasteiger charge is -2.29. The summed E-state index contributed by atoms with van der Waals surface area (Å²) in [6, 6.07) is 2.03. The minimum atomic E-state index is 0.0665. The Balaban J connectivity index is 1.95. The van der Waals surface area contributed by atoms with E-state index in [1.54, 1.807) is 13.3 Å². The quantitative estimate of drug-likeness (QED) is 0.873. The van der Waals surface area contributed by atoms with Gasteiger partial charge in [-0.05, 0) is 41.4 Å². The van der Waals surface area contributed by atoms with Crippen LogP contribution in [0.1, 0.15) is 12.8 Å². The van der Waals surface area contributed by atoms with E-state index in [4.69, 9.17) is 4.74 Å². The summed E-state index contributed by atoms with van der Waals surface area (Å²) in [7, 11) is 1.75. The molecule has 1 unspecified atom stereocenters. The third-order valence-corrected chi connectivity index (χ3v) is 3.52. The van der Waals surface area contributed by atoms with Crippen molar-refractivity contribution >= 4 is 21.6 Å². The third kappa shape index (κ3) is 3.40. The lowest BCUT2D eigenvalue weighted by Crippen LogP contribution is -2.49. The molecule has 17 heavy (non-hydrogen) atoms.